The molecule has 0 saturated carbocycles. The molecule has 0 radical (unpaired) electrons. The third kappa shape index (κ3) is 5.37. The van der Waals surface area contributed by atoms with E-state index in [9.17, 15) is 0 Å². The molecule has 4 heteroatoms. The quantitative estimate of drug-likeness (QED) is 0.727. The van der Waals surface area contributed by atoms with Crippen molar-refractivity contribution in [2.24, 2.45) is 0 Å². The Hall–Kier alpha value is -0.680. The van der Waals surface area contributed by atoms with Crippen LogP contribution in [0.5, 0.6) is 0 Å². The van der Waals surface area contributed by atoms with Crippen molar-refractivity contribution >= 4 is 27.3 Å². The van der Waals surface area contributed by atoms with Gasteiger partial charge in [-0.15, -0.1) is 11.3 Å². The van der Waals surface area contributed by atoms with E-state index in [0.29, 0.717) is 0 Å². The van der Waals surface area contributed by atoms with Crippen molar-refractivity contribution in [2.45, 2.75) is 13.0 Å². The minimum absolute atomic E-state index is 0.980. The zero-order valence-corrected chi connectivity index (χ0v) is 14.2. The summed E-state index contributed by atoms with van der Waals surface area (Å²) < 4.78 is 1.19. The van der Waals surface area contributed by atoms with E-state index >= 15 is 0 Å². The van der Waals surface area contributed by atoms with E-state index in [1.807, 2.05) is 11.3 Å². The summed E-state index contributed by atoms with van der Waals surface area (Å²) in [5.74, 6) is 0. The molecule has 0 spiro atoms. The maximum atomic E-state index is 3.60. The Morgan fingerprint density at radius 2 is 2.00 bits per heavy atom. The fourth-order valence-corrected chi connectivity index (χ4v) is 3.18. The molecular formula is C16H21BrN2S. The van der Waals surface area contributed by atoms with E-state index in [-0.39, 0.29) is 0 Å². The lowest BCUT2D eigenvalue weighted by atomic mass is 10.2. The van der Waals surface area contributed by atoms with E-state index in [4.69, 9.17) is 0 Å². The molecule has 0 aliphatic carbocycles. The Balaban J connectivity index is 1.60. The predicted molar refractivity (Wildman–Crippen MR) is 91.4 cm³/mol. The highest BCUT2D eigenvalue weighted by atomic mass is 79.9. The lowest BCUT2D eigenvalue weighted by Crippen LogP contribution is -2.30. The van der Waals surface area contributed by atoms with Gasteiger partial charge in [-0.1, -0.05) is 40.2 Å². The van der Waals surface area contributed by atoms with Crippen LogP contribution >= 0.6 is 27.3 Å². The second-order valence-corrected chi connectivity index (χ2v) is 6.80. The Bertz CT molecular complexity index is 499. The van der Waals surface area contributed by atoms with Crippen LogP contribution in [-0.2, 0) is 13.0 Å². The van der Waals surface area contributed by atoms with Gasteiger partial charge in [0.15, 0.2) is 0 Å². The van der Waals surface area contributed by atoms with E-state index in [0.717, 1.165) is 32.6 Å². The van der Waals surface area contributed by atoms with Gasteiger partial charge in [0.25, 0.3) is 0 Å². The second kappa shape index (κ2) is 8.57. The highest BCUT2D eigenvalue weighted by molar-refractivity contribution is 9.10. The van der Waals surface area contributed by atoms with Crippen molar-refractivity contribution in [3.05, 3.63) is 56.7 Å². The van der Waals surface area contributed by atoms with Crippen LogP contribution in [0.1, 0.15) is 10.4 Å². The molecule has 0 bridgehead atoms. The molecule has 1 aromatic heterocycles. The number of nitrogens with one attached hydrogen (secondary N) is 1. The Kier molecular flexibility index (Phi) is 6.73. The summed E-state index contributed by atoms with van der Waals surface area (Å²) in [4.78, 5) is 3.80. The monoisotopic (exact) mass is 352 g/mol. The van der Waals surface area contributed by atoms with Gasteiger partial charge in [0, 0.05) is 35.5 Å². The average molecular weight is 353 g/mol. The number of hydrogen-bond acceptors (Lipinski definition) is 3. The zero-order valence-electron chi connectivity index (χ0n) is 11.8. The van der Waals surface area contributed by atoms with Crippen LogP contribution in [0.3, 0.4) is 0 Å². The van der Waals surface area contributed by atoms with Crippen molar-refractivity contribution in [3.63, 3.8) is 0 Å². The van der Waals surface area contributed by atoms with Crippen LogP contribution in [0.15, 0.2) is 46.3 Å². The number of nitrogens with zero attached hydrogens (tertiary/aromatic N) is 1. The first-order chi connectivity index (χ1) is 9.75. The van der Waals surface area contributed by atoms with Gasteiger partial charge in [0.05, 0.1) is 0 Å². The maximum absolute atomic E-state index is 3.60. The molecule has 0 fully saturated rings. The maximum Gasteiger partial charge on any atom is 0.0242 e. The van der Waals surface area contributed by atoms with E-state index in [2.05, 4.69) is 75.0 Å². The van der Waals surface area contributed by atoms with Gasteiger partial charge in [-0.2, -0.15) is 0 Å². The largest absolute Gasteiger partial charge is 0.315 e. The van der Waals surface area contributed by atoms with Gasteiger partial charge < -0.3 is 10.2 Å². The van der Waals surface area contributed by atoms with Crippen LogP contribution in [0, 0.1) is 0 Å². The number of hydrogen-bond donors (Lipinski definition) is 1. The first kappa shape index (κ1) is 15.7. The molecule has 2 rings (SSSR count). The summed E-state index contributed by atoms with van der Waals surface area (Å²) in [5, 5.41) is 5.65. The fraction of sp³-hybridized carbons (Fsp3) is 0.375. The van der Waals surface area contributed by atoms with Crippen LogP contribution < -0.4 is 5.32 Å². The van der Waals surface area contributed by atoms with Gasteiger partial charge >= 0.3 is 0 Å². The van der Waals surface area contributed by atoms with Crippen molar-refractivity contribution < 1.29 is 0 Å². The topological polar surface area (TPSA) is 15.3 Å². The molecule has 1 N–H and O–H groups in total. The molecule has 20 heavy (non-hydrogen) atoms. The lowest BCUT2D eigenvalue weighted by molar-refractivity contribution is 0.324. The zero-order chi connectivity index (χ0) is 14.2. The number of halogens is 1. The predicted octanol–water partition coefficient (Wildman–Crippen LogP) is 3.77. The van der Waals surface area contributed by atoms with Gasteiger partial charge in [-0.25, -0.2) is 0 Å². The lowest BCUT2D eigenvalue weighted by Gasteiger charge is -2.17. The van der Waals surface area contributed by atoms with Gasteiger partial charge in [0.2, 0.25) is 0 Å². The summed E-state index contributed by atoms with van der Waals surface area (Å²) in [5.41, 5.74) is 1.34. The molecule has 2 aromatic rings. The van der Waals surface area contributed by atoms with Crippen LogP contribution in [0.25, 0.3) is 0 Å². The Labute approximate surface area is 133 Å². The summed E-state index contributed by atoms with van der Waals surface area (Å²) in [7, 11) is 2.17. The molecule has 1 heterocycles. The molecule has 108 valence electrons. The van der Waals surface area contributed by atoms with Crippen LogP contribution in [0.4, 0.5) is 0 Å². The van der Waals surface area contributed by atoms with Crippen molar-refractivity contribution in [2.75, 3.05) is 26.7 Å². The second-order valence-electron chi connectivity index (χ2n) is 4.91. The van der Waals surface area contributed by atoms with Crippen molar-refractivity contribution in [1.82, 2.24) is 10.2 Å². The van der Waals surface area contributed by atoms with Crippen LogP contribution in [0.2, 0.25) is 0 Å². The van der Waals surface area contributed by atoms with Gasteiger partial charge in [-0.05, 0) is 36.5 Å². The molecule has 0 amide bonds. The molecule has 0 aliphatic heterocycles. The minimum Gasteiger partial charge on any atom is -0.315 e. The summed E-state index contributed by atoms with van der Waals surface area (Å²) >= 11 is 5.43. The van der Waals surface area contributed by atoms with Gasteiger partial charge in [-0.3, -0.25) is 0 Å². The molecule has 2 nitrogen and oxygen atoms in total. The van der Waals surface area contributed by atoms with Crippen molar-refractivity contribution in [3.8, 4) is 0 Å². The third-order valence-electron chi connectivity index (χ3n) is 3.20. The Morgan fingerprint density at radius 1 is 1.15 bits per heavy atom. The molecular weight excluding hydrogens is 332 g/mol. The number of benzene rings is 1. The summed E-state index contributed by atoms with van der Waals surface area (Å²) in [6.45, 7) is 4.13. The normalized spacial score (nSPS) is 11.2. The highest BCUT2D eigenvalue weighted by Gasteiger charge is 2.03. The van der Waals surface area contributed by atoms with E-state index in [1.54, 1.807) is 0 Å². The Morgan fingerprint density at radius 3 is 2.75 bits per heavy atom. The number of likely N-dealkylation sites (N-methyl/N-ethyl adjacent to an activating group) is 1. The van der Waals surface area contributed by atoms with Crippen molar-refractivity contribution in [1.29, 1.82) is 0 Å². The molecule has 0 saturated heterocycles. The smallest absolute Gasteiger partial charge is 0.0242 e. The summed E-state index contributed by atoms with van der Waals surface area (Å²) in [6, 6.07) is 12.7. The van der Waals surface area contributed by atoms with Gasteiger partial charge in [0.1, 0.15) is 0 Å². The SMILES string of the molecule is CN(CCNCCc1cccs1)Cc1ccccc1Br. The highest BCUT2D eigenvalue weighted by Crippen LogP contribution is 2.16. The average Bonchev–Trinajstić information content (AvgIpc) is 2.94. The van der Waals surface area contributed by atoms with E-state index < -0.39 is 0 Å². The van der Waals surface area contributed by atoms with E-state index in [1.165, 1.54) is 14.9 Å². The summed E-state index contributed by atoms with van der Waals surface area (Å²) in [6.07, 6.45) is 1.13. The molecule has 0 aliphatic rings. The molecule has 0 unspecified atom stereocenters. The first-order valence-electron chi connectivity index (χ1n) is 6.91. The number of rotatable bonds is 8. The van der Waals surface area contributed by atoms with Crippen LogP contribution in [-0.4, -0.2) is 31.6 Å². The first-order valence-corrected chi connectivity index (χ1v) is 8.58. The molecule has 0 atom stereocenters. The molecule has 1 aromatic carbocycles. The fourth-order valence-electron chi connectivity index (χ4n) is 2.06. The third-order valence-corrected chi connectivity index (χ3v) is 4.91. The number of thiophene rings is 1. The minimum atomic E-state index is 0.980. The standard InChI is InChI=1S/C16H21BrN2S/c1-19(13-14-5-2-3-7-16(14)17)11-10-18-9-8-15-6-4-12-20-15/h2-7,12,18H,8-11,13H2,1H3.